The Hall–Kier alpha value is -0.480. The van der Waals surface area contributed by atoms with Crippen molar-refractivity contribution in [1.82, 2.24) is 5.32 Å². The molecule has 0 spiro atoms. The highest BCUT2D eigenvalue weighted by atomic mass is 79.9. The standard InChI is InChI=1S/C14H20BrNOS/c1-10(18-4)13(17)16-9-14(2,3)11-5-7-12(15)8-6-11/h5-8,10H,9H2,1-4H3,(H,16,17)/t10-/m1/s1. The molecule has 0 radical (unpaired) electrons. The summed E-state index contributed by atoms with van der Waals surface area (Å²) in [6.45, 7) is 6.85. The minimum atomic E-state index is -0.0610. The predicted molar refractivity (Wildman–Crippen MR) is 83.2 cm³/mol. The van der Waals surface area contributed by atoms with Gasteiger partial charge < -0.3 is 5.32 Å². The number of nitrogens with one attached hydrogen (secondary N) is 1. The Morgan fingerprint density at radius 2 is 1.94 bits per heavy atom. The average molecular weight is 330 g/mol. The Bertz CT molecular complexity index is 403. The lowest BCUT2D eigenvalue weighted by Gasteiger charge is -2.26. The Balaban J connectivity index is 2.65. The Morgan fingerprint density at radius 1 is 1.39 bits per heavy atom. The highest BCUT2D eigenvalue weighted by molar-refractivity contribution is 9.10. The summed E-state index contributed by atoms with van der Waals surface area (Å²) in [6, 6.07) is 8.25. The van der Waals surface area contributed by atoms with E-state index < -0.39 is 0 Å². The van der Waals surface area contributed by atoms with Gasteiger partial charge in [0.15, 0.2) is 0 Å². The fraction of sp³-hybridized carbons (Fsp3) is 0.500. The second-order valence-corrected chi connectivity index (χ2v) is 7.08. The van der Waals surface area contributed by atoms with E-state index in [1.807, 2.05) is 25.3 Å². The highest BCUT2D eigenvalue weighted by Gasteiger charge is 2.22. The zero-order valence-corrected chi connectivity index (χ0v) is 13.7. The number of thioether (sulfide) groups is 1. The zero-order chi connectivity index (χ0) is 13.8. The van der Waals surface area contributed by atoms with Crippen LogP contribution in [0.5, 0.6) is 0 Å². The molecule has 0 unspecified atom stereocenters. The van der Waals surface area contributed by atoms with Gasteiger partial charge in [0.2, 0.25) is 5.91 Å². The number of hydrogen-bond donors (Lipinski definition) is 1. The van der Waals surface area contributed by atoms with E-state index >= 15 is 0 Å². The van der Waals surface area contributed by atoms with Gasteiger partial charge in [-0.05, 0) is 30.9 Å². The Kier molecular flexibility index (Phi) is 5.73. The summed E-state index contributed by atoms with van der Waals surface area (Å²) in [5.41, 5.74) is 1.16. The molecule has 100 valence electrons. The van der Waals surface area contributed by atoms with Gasteiger partial charge in [-0.1, -0.05) is 41.9 Å². The van der Waals surface area contributed by atoms with Gasteiger partial charge >= 0.3 is 0 Å². The number of benzene rings is 1. The molecule has 18 heavy (non-hydrogen) atoms. The Labute approximate surface area is 122 Å². The number of carbonyl (C=O) groups is 1. The molecular weight excluding hydrogens is 310 g/mol. The maximum atomic E-state index is 11.8. The van der Waals surface area contributed by atoms with Crippen LogP contribution in [0.4, 0.5) is 0 Å². The molecule has 0 aliphatic heterocycles. The van der Waals surface area contributed by atoms with Crippen molar-refractivity contribution in [2.24, 2.45) is 0 Å². The van der Waals surface area contributed by atoms with Crippen LogP contribution in [0.2, 0.25) is 0 Å². The number of hydrogen-bond acceptors (Lipinski definition) is 2. The van der Waals surface area contributed by atoms with Gasteiger partial charge in [0.1, 0.15) is 0 Å². The van der Waals surface area contributed by atoms with Crippen LogP contribution >= 0.6 is 27.7 Å². The maximum absolute atomic E-state index is 11.8. The summed E-state index contributed by atoms with van der Waals surface area (Å²) in [5, 5.41) is 3.02. The van der Waals surface area contributed by atoms with Crippen molar-refractivity contribution in [2.75, 3.05) is 12.8 Å². The molecule has 1 rings (SSSR count). The third-order valence-electron chi connectivity index (χ3n) is 3.05. The lowest BCUT2D eigenvalue weighted by molar-refractivity contribution is -0.120. The molecule has 1 amide bonds. The normalized spacial score (nSPS) is 13.2. The third-order valence-corrected chi connectivity index (χ3v) is 4.50. The third kappa shape index (κ3) is 4.32. The van der Waals surface area contributed by atoms with E-state index in [1.54, 1.807) is 11.8 Å². The van der Waals surface area contributed by atoms with Gasteiger partial charge in [-0.2, -0.15) is 11.8 Å². The SMILES string of the molecule is CS[C@H](C)C(=O)NCC(C)(C)c1ccc(Br)cc1. The minimum absolute atomic E-state index is 0.00529. The van der Waals surface area contributed by atoms with Crippen LogP contribution in [-0.2, 0) is 10.2 Å². The molecule has 0 aliphatic carbocycles. The lowest BCUT2D eigenvalue weighted by atomic mass is 9.84. The summed E-state index contributed by atoms with van der Waals surface area (Å²) >= 11 is 4.99. The first kappa shape index (κ1) is 15.6. The summed E-state index contributed by atoms with van der Waals surface area (Å²) in [6.07, 6.45) is 1.95. The van der Waals surface area contributed by atoms with Crippen molar-refractivity contribution in [3.8, 4) is 0 Å². The topological polar surface area (TPSA) is 29.1 Å². The van der Waals surface area contributed by atoms with E-state index in [0.717, 1.165) is 4.47 Å². The fourth-order valence-electron chi connectivity index (χ4n) is 1.56. The summed E-state index contributed by atoms with van der Waals surface area (Å²) in [4.78, 5) is 11.8. The smallest absolute Gasteiger partial charge is 0.232 e. The van der Waals surface area contributed by atoms with Crippen molar-refractivity contribution in [1.29, 1.82) is 0 Å². The quantitative estimate of drug-likeness (QED) is 0.894. The number of amides is 1. The number of carbonyl (C=O) groups excluding carboxylic acids is 1. The second kappa shape index (κ2) is 6.62. The van der Waals surface area contributed by atoms with Crippen LogP contribution in [0.3, 0.4) is 0 Å². The molecule has 1 aromatic rings. The second-order valence-electron chi connectivity index (χ2n) is 4.99. The highest BCUT2D eigenvalue weighted by Crippen LogP contribution is 2.24. The fourth-order valence-corrected chi connectivity index (χ4v) is 2.12. The first-order valence-corrected chi connectivity index (χ1v) is 8.01. The average Bonchev–Trinajstić information content (AvgIpc) is 2.35. The van der Waals surface area contributed by atoms with Gasteiger partial charge in [0, 0.05) is 16.4 Å². The van der Waals surface area contributed by atoms with E-state index in [9.17, 15) is 4.79 Å². The maximum Gasteiger partial charge on any atom is 0.232 e. The van der Waals surface area contributed by atoms with Gasteiger partial charge in [-0.15, -0.1) is 0 Å². The van der Waals surface area contributed by atoms with E-state index in [4.69, 9.17) is 0 Å². The van der Waals surface area contributed by atoms with Gasteiger partial charge in [-0.25, -0.2) is 0 Å². The number of rotatable bonds is 5. The monoisotopic (exact) mass is 329 g/mol. The molecular formula is C14H20BrNOS. The van der Waals surface area contributed by atoms with Crippen LogP contribution in [0.1, 0.15) is 26.3 Å². The largest absolute Gasteiger partial charge is 0.354 e. The molecule has 0 heterocycles. The molecule has 1 N–H and O–H groups in total. The molecule has 1 atom stereocenters. The van der Waals surface area contributed by atoms with Crippen LogP contribution in [0.15, 0.2) is 28.7 Å². The molecule has 1 aromatic carbocycles. The van der Waals surface area contributed by atoms with Crippen molar-refractivity contribution in [3.63, 3.8) is 0 Å². The van der Waals surface area contributed by atoms with Crippen LogP contribution in [-0.4, -0.2) is 24.0 Å². The van der Waals surface area contributed by atoms with Crippen molar-refractivity contribution in [2.45, 2.75) is 31.4 Å². The molecule has 2 nitrogen and oxygen atoms in total. The molecule has 0 saturated carbocycles. The first-order valence-electron chi connectivity index (χ1n) is 5.93. The summed E-state index contributed by atoms with van der Waals surface area (Å²) in [7, 11) is 0. The molecule has 0 saturated heterocycles. The molecule has 0 aliphatic rings. The van der Waals surface area contributed by atoms with Gasteiger partial charge in [-0.3, -0.25) is 4.79 Å². The van der Waals surface area contributed by atoms with Crippen LogP contribution in [0, 0.1) is 0 Å². The van der Waals surface area contributed by atoms with Gasteiger partial charge in [0.25, 0.3) is 0 Å². The Morgan fingerprint density at radius 3 is 2.44 bits per heavy atom. The van der Waals surface area contributed by atoms with Crippen molar-refractivity contribution >= 4 is 33.6 Å². The number of halogens is 1. The molecule has 0 aromatic heterocycles. The molecule has 0 fully saturated rings. The van der Waals surface area contributed by atoms with Crippen LogP contribution in [0.25, 0.3) is 0 Å². The summed E-state index contributed by atoms with van der Waals surface area (Å²) < 4.78 is 1.07. The van der Waals surface area contributed by atoms with E-state index in [2.05, 4.69) is 47.2 Å². The van der Waals surface area contributed by atoms with E-state index in [0.29, 0.717) is 6.54 Å². The van der Waals surface area contributed by atoms with Crippen molar-refractivity contribution < 1.29 is 4.79 Å². The van der Waals surface area contributed by atoms with E-state index in [1.165, 1.54) is 5.56 Å². The minimum Gasteiger partial charge on any atom is -0.354 e. The van der Waals surface area contributed by atoms with E-state index in [-0.39, 0.29) is 16.6 Å². The van der Waals surface area contributed by atoms with Crippen LogP contribution < -0.4 is 5.32 Å². The first-order chi connectivity index (χ1) is 8.36. The summed E-state index contributed by atoms with van der Waals surface area (Å²) in [5.74, 6) is 0.104. The molecule has 4 heteroatoms. The molecule has 0 bridgehead atoms. The predicted octanol–water partition coefficient (Wildman–Crippen LogP) is 3.59. The lowest BCUT2D eigenvalue weighted by Crippen LogP contribution is -2.39. The zero-order valence-electron chi connectivity index (χ0n) is 11.3. The van der Waals surface area contributed by atoms with Gasteiger partial charge in [0.05, 0.1) is 5.25 Å². The van der Waals surface area contributed by atoms with Crippen molar-refractivity contribution in [3.05, 3.63) is 34.3 Å².